The Balaban J connectivity index is 1.14. The Labute approximate surface area is 221 Å². The normalized spacial score (nSPS) is 21.4. The number of pyridine rings is 1. The number of benzene rings is 2. The quantitative estimate of drug-likeness (QED) is 0.324. The van der Waals surface area contributed by atoms with E-state index in [9.17, 15) is 4.79 Å². The Morgan fingerprint density at radius 3 is 2.87 bits per heavy atom. The molecule has 8 rings (SSSR count). The molecule has 3 unspecified atom stereocenters. The van der Waals surface area contributed by atoms with Crippen LogP contribution >= 0.6 is 11.6 Å². The maximum atomic E-state index is 13.6. The number of hydrogen-bond acceptors (Lipinski definition) is 7. The fraction of sp³-hybridized carbons (Fsp3) is 0.214. The molecule has 3 atom stereocenters. The third-order valence-electron chi connectivity index (χ3n) is 7.99. The molecule has 1 saturated carbocycles. The molecule has 1 fully saturated rings. The number of tetrazole rings is 1. The van der Waals surface area contributed by atoms with Crippen LogP contribution in [0.15, 0.2) is 75.4 Å². The van der Waals surface area contributed by atoms with E-state index in [4.69, 9.17) is 21.1 Å². The third-order valence-corrected chi connectivity index (χ3v) is 8.22. The molecule has 186 valence electrons. The molecule has 0 N–H and O–H groups in total. The molecule has 9 nitrogen and oxygen atoms in total. The molecule has 0 spiro atoms. The molecule has 3 aliphatic rings. The Morgan fingerprint density at radius 2 is 2.00 bits per heavy atom. The molecule has 38 heavy (non-hydrogen) atoms. The first-order chi connectivity index (χ1) is 18.5. The van der Waals surface area contributed by atoms with Crippen molar-refractivity contribution in [3.8, 4) is 16.8 Å². The van der Waals surface area contributed by atoms with Crippen molar-refractivity contribution in [3.05, 3.63) is 93.4 Å². The van der Waals surface area contributed by atoms with Crippen LogP contribution in [0.2, 0.25) is 5.02 Å². The van der Waals surface area contributed by atoms with E-state index in [0.717, 1.165) is 62.4 Å². The molecule has 5 heterocycles. The van der Waals surface area contributed by atoms with Crippen molar-refractivity contribution in [2.24, 2.45) is 10.9 Å². The number of nitrogens with zero attached hydrogens (tertiary/aromatic N) is 7. The number of fused-ring (bicyclic) bond motifs is 4. The Hall–Kier alpha value is -4.37. The Bertz CT molecular complexity index is 1900. The summed E-state index contributed by atoms with van der Waals surface area (Å²) in [6.45, 7) is 1.94. The molecule has 0 saturated heterocycles. The van der Waals surface area contributed by atoms with E-state index in [-0.39, 0.29) is 11.6 Å². The fourth-order valence-electron chi connectivity index (χ4n) is 6.11. The molecule has 0 bridgehead atoms. The number of aliphatic imine (C=N–C) groups is 1. The average Bonchev–Trinajstić information content (AvgIpc) is 3.35. The van der Waals surface area contributed by atoms with Crippen LogP contribution in [-0.4, -0.2) is 35.6 Å². The maximum absolute atomic E-state index is 13.6. The minimum atomic E-state index is -0.0351. The van der Waals surface area contributed by atoms with Crippen LogP contribution in [0.3, 0.4) is 0 Å². The van der Waals surface area contributed by atoms with Crippen molar-refractivity contribution < 1.29 is 4.52 Å². The third kappa shape index (κ3) is 3.18. The molecule has 10 heteroatoms. The van der Waals surface area contributed by atoms with Gasteiger partial charge < -0.3 is 9.09 Å². The summed E-state index contributed by atoms with van der Waals surface area (Å²) in [6, 6.07) is 15.4. The smallest absolute Gasteiger partial charge is 0.251 e. The molecule has 5 aromatic rings. The summed E-state index contributed by atoms with van der Waals surface area (Å²) in [5, 5.41) is 17.2. The first-order valence-electron chi connectivity index (χ1n) is 12.5. The zero-order valence-corrected chi connectivity index (χ0v) is 21.0. The second kappa shape index (κ2) is 7.82. The van der Waals surface area contributed by atoms with Crippen molar-refractivity contribution in [2.75, 3.05) is 0 Å². The van der Waals surface area contributed by atoms with Gasteiger partial charge in [-0.25, -0.2) is 0 Å². The van der Waals surface area contributed by atoms with E-state index in [0.29, 0.717) is 23.3 Å². The molecule has 2 aliphatic heterocycles. The van der Waals surface area contributed by atoms with Gasteiger partial charge in [0.1, 0.15) is 6.33 Å². The van der Waals surface area contributed by atoms with Crippen LogP contribution in [0.4, 0.5) is 0 Å². The maximum Gasteiger partial charge on any atom is 0.251 e. The van der Waals surface area contributed by atoms with E-state index >= 15 is 0 Å². The lowest BCUT2D eigenvalue weighted by Gasteiger charge is -2.20. The van der Waals surface area contributed by atoms with Crippen LogP contribution < -0.4 is 5.56 Å². The summed E-state index contributed by atoms with van der Waals surface area (Å²) in [6.07, 6.45) is 5.22. The van der Waals surface area contributed by atoms with E-state index in [2.05, 4.69) is 32.8 Å². The highest BCUT2D eigenvalue weighted by Gasteiger charge is 2.54. The highest BCUT2D eigenvalue weighted by molar-refractivity contribution is 6.31. The van der Waals surface area contributed by atoms with Gasteiger partial charge in [-0.2, -0.15) is 4.68 Å². The van der Waals surface area contributed by atoms with Gasteiger partial charge in [0.2, 0.25) is 0 Å². The lowest BCUT2D eigenvalue weighted by Crippen LogP contribution is -2.29. The van der Waals surface area contributed by atoms with Gasteiger partial charge in [-0.05, 0) is 82.8 Å². The van der Waals surface area contributed by atoms with Gasteiger partial charge >= 0.3 is 0 Å². The monoisotopic (exact) mass is 521 g/mol. The number of halogens is 1. The lowest BCUT2D eigenvalue weighted by atomic mass is 9.97. The zero-order valence-electron chi connectivity index (χ0n) is 20.2. The largest absolute Gasteiger partial charge is 0.356 e. The summed E-state index contributed by atoms with van der Waals surface area (Å²) in [7, 11) is 0. The fourth-order valence-corrected chi connectivity index (χ4v) is 6.28. The summed E-state index contributed by atoms with van der Waals surface area (Å²) in [5.74, 6) is 0.741. The molecular formula is C28H20ClN7O2. The second-order valence-corrected chi connectivity index (χ2v) is 10.6. The standard InChI is InChI=1S/C28H20ClN7O2/c1-14-19-4-2-15(8-26(19)38-32-14)17-6-23(30-12-17)28-22-11-21(22)25-7-16(9-27(37)36(25)28)20-10-18(29)3-5-24(20)35-13-31-33-34-35/h2-5,7-10,12-13,21-22,28H,6,11H2,1H3. The van der Waals surface area contributed by atoms with Gasteiger partial charge in [0.15, 0.2) is 5.58 Å². The van der Waals surface area contributed by atoms with Crippen molar-refractivity contribution in [1.29, 1.82) is 0 Å². The zero-order chi connectivity index (χ0) is 25.5. The van der Waals surface area contributed by atoms with Crippen LogP contribution in [0.5, 0.6) is 0 Å². The van der Waals surface area contributed by atoms with Crippen molar-refractivity contribution in [1.82, 2.24) is 29.9 Å². The van der Waals surface area contributed by atoms with E-state index in [1.54, 1.807) is 16.8 Å². The lowest BCUT2D eigenvalue weighted by molar-refractivity contribution is 0.450. The van der Waals surface area contributed by atoms with Gasteiger partial charge in [0.05, 0.1) is 17.4 Å². The van der Waals surface area contributed by atoms with E-state index < -0.39 is 0 Å². The van der Waals surface area contributed by atoms with Gasteiger partial charge in [-0.3, -0.25) is 9.79 Å². The topological polar surface area (TPSA) is 104 Å². The van der Waals surface area contributed by atoms with Gasteiger partial charge in [-0.1, -0.05) is 22.8 Å². The number of aryl methyl sites for hydroxylation is 1. The van der Waals surface area contributed by atoms with Crippen molar-refractivity contribution in [3.63, 3.8) is 0 Å². The minimum absolute atomic E-state index is 0.0279. The number of hydrogen-bond donors (Lipinski definition) is 0. The van der Waals surface area contributed by atoms with E-state index in [1.165, 1.54) is 6.33 Å². The second-order valence-electron chi connectivity index (χ2n) is 10.2. The first-order valence-corrected chi connectivity index (χ1v) is 12.8. The summed E-state index contributed by atoms with van der Waals surface area (Å²) < 4.78 is 8.99. The number of aromatic nitrogens is 6. The van der Waals surface area contributed by atoms with Crippen LogP contribution in [0.25, 0.3) is 33.4 Å². The summed E-state index contributed by atoms with van der Waals surface area (Å²) in [4.78, 5) is 18.4. The van der Waals surface area contributed by atoms with Crippen LogP contribution in [0, 0.1) is 12.8 Å². The van der Waals surface area contributed by atoms with Gasteiger partial charge in [0, 0.05) is 52.0 Å². The van der Waals surface area contributed by atoms with Crippen molar-refractivity contribution in [2.45, 2.75) is 31.7 Å². The number of rotatable bonds is 4. The average molecular weight is 522 g/mol. The Morgan fingerprint density at radius 1 is 1.08 bits per heavy atom. The highest BCUT2D eigenvalue weighted by Crippen LogP contribution is 2.60. The van der Waals surface area contributed by atoms with Crippen LogP contribution in [-0.2, 0) is 0 Å². The molecule has 3 aromatic heterocycles. The van der Waals surface area contributed by atoms with E-state index in [1.807, 2.05) is 42.0 Å². The molecule has 1 aliphatic carbocycles. The first kappa shape index (κ1) is 21.7. The highest BCUT2D eigenvalue weighted by atomic mass is 35.5. The summed E-state index contributed by atoms with van der Waals surface area (Å²) >= 11 is 6.35. The molecule has 2 aromatic carbocycles. The van der Waals surface area contributed by atoms with Crippen LogP contribution in [0.1, 0.15) is 41.8 Å². The molecule has 0 radical (unpaired) electrons. The predicted molar refractivity (Wildman–Crippen MR) is 143 cm³/mol. The molecule has 0 amide bonds. The van der Waals surface area contributed by atoms with Crippen molar-refractivity contribution >= 4 is 33.9 Å². The Kier molecular flexibility index (Phi) is 4.46. The summed E-state index contributed by atoms with van der Waals surface area (Å²) in [5.41, 5.74) is 8.28. The van der Waals surface area contributed by atoms with Gasteiger partial charge in [-0.15, -0.1) is 5.10 Å². The van der Waals surface area contributed by atoms with Gasteiger partial charge in [0.25, 0.3) is 5.56 Å². The minimum Gasteiger partial charge on any atom is -0.356 e. The SMILES string of the molecule is Cc1noc2cc(C3=CN=C(C4C5CC5c5cc(-c6cc(Cl)ccc6-n6cnnn6)cc(=O)n54)C3)ccc12. The number of allylic oxidation sites excluding steroid dienone is 1. The predicted octanol–water partition coefficient (Wildman–Crippen LogP) is 5.14. The molecular weight excluding hydrogens is 502 g/mol.